The number of carboxylic acids is 1. The highest BCUT2D eigenvalue weighted by atomic mass is 35.5. The predicted octanol–water partition coefficient (Wildman–Crippen LogP) is 2.65. The number of halogens is 1. The van der Waals surface area contributed by atoms with Gasteiger partial charge in [0.25, 0.3) is 0 Å². The van der Waals surface area contributed by atoms with Crippen molar-refractivity contribution < 1.29 is 19.4 Å². The first-order valence-corrected chi connectivity index (χ1v) is 7.23. The fraction of sp³-hybridized carbons (Fsp3) is 0.533. The number of hydrogen-bond acceptors (Lipinski definition) is 4. The highest BCUT2D eigenvalue weighted by Crippen LogP contribution is 2.38. The van der Waals surface area contributed by atoms with Gasteiger partial charge in [-0.2, -0.15) is 0 Å². The van der Waals surface area contributed by atoms with Crippen LogP contribution in [-0.4, -0.2) is 42.8 Å². The molecule has 1 aliphatic rings. The van der Waals surface area contributed by atoms with Gasteiger partial charge in [0, 0.05) is 6.54 Å². The Morgan fingerprint density at radius 2 is 2.14 bits per heavy atom. The summed E-state index contributed by atoms with van der Waals surface area (Å²) in [5.74, 6) is 0.407. The molecule has 1 aromatic rings. The summed E-state index contributed by atoms with van der Waals surface area (Å²) in [5, 5.41) is 9.84. The van der Waals surface area contributed by atoms with Crippen molar-refractivity contribution in [2.24, 2.45) is 5.92 Å². The molecular formula is C15H20ClNO4. The Labute approximate surface area is 129 Å². The van der Waals surface area contributed by atoms with Crippen molar-refractivity contribution in [1.29, 1.82) is 0 Å². The minimum atomic E-state index is -0.781. The van der Waals surface area contributed by atoms with Gasteiger partial charge >= 0.3 is 5.97 Å². The van der Waals surface area contributed by atoms with Gasteiger partial charge in [-0.15, -0.1) is 0 Å². The van der Waals surface area contributed by atoms with Crippen molar-refractivity contribution in [1.82, 2.24) is 4.90 Å². The van der Waals surface area contributed by atoms with Gasteiger partial charge in [-0.05, 0) is 30.5 Å². The van der Waals surface area contributed by atoms with Gasteiger partial charge in [-0.1, -0.05) is 24.6 Å². The number of benzene rings is 1. The summed E-state index contributed by atoms with van der Waals surface area (Å²) in [6.07, 6.45) is 0.877. The molecule has 116 valence electrons. The molecule has 0 amide bonds. The monoisotopic (exact) mass is 313 g/mol. The van der Waals surface area contributed by atoms with Gasteiger partial charge in [0.05, 0.1) is 19.2 Å². The highest BCUT2D eigenvalue weighted by molar-refractivity contribution is 6.33. The van der Waals surface area contributed by atoms with Crippen LogP contribution in [0.15, 0.2) is 12.1 Å². The van der Waals surface area contributed by atoms with Crippen LogP contribution in [0.3, 0.4) is 0 Å². The van der Waals surface area contributed by atoms with Crippen LogP contribution >= 0.6 is 11.6 Å². The molecule has 0 bridgehead atoms. The average molecular weight is 314 g/mol. The summed E-state index contributed by atoms with van der Waals surface area (Å²) in [5.41, 5.74) is 0.842. The second-order valence-corrected chi connectivity index (χ2v) is 5.67. The molecule has 1 N–H and O–H groups in total. The van der Waals surface area contributed by atoms with E-state index in [2.05, 4.69) is 0 Å². The van der Waals surface area contributed by atoms with Gasteiger partial charge in [0.1, 0.15) is 6.04 Å². The molecule has 0 aromatic heterocycles. The van der Waals surface area contributed by atoms with E-state index in [1.807, 2.05) is 17.9 Å². The topological polar surface area (TPSA) is 59.0 Å². The Hall–Kier alpha value is -1.46. The largest absolute Gasteiger partial charge is 0.493 e. The molecule has 2 rings (SSSR count). The zero-order valence-electron chi connectivity index (χ0n) is 12.4. The fourth-order valence-electron chi connectivity index (χ4n) is 2.87. The molecule has 0 saturated carbocycles. The summed E-state index contributed by atoms with van der Waals surface area (Å²) in [7, 11) is 3.09. The third kappa shape index (κ3) is 3.09. The van der Waals surface area contributed by atoms with Crippen LogP contribution in [0.4, 0.5) is 0 Å². The van der Waals surface area contributed by atoms with Crippen molar-refractivity contribution in [2.45, 2.75) is 25.9 Å². The molecule has 1 heterocycles. The molecular weight excluding hydrogens is 294 g/mol. The van der Waals surface area contributed by atoms with Crippen molar-refractivity contribution in [2.75, 3.05) is 20.8 Å². The Kier molecular flexibility index (Phi) is 4.96. The first-order valence-electron chi connectivity index (χ1n) is 6.85. The SMILES string of the molecule is COc1ccc(CN2CCC(C)C2C(=O)O)c(Cl)c1OC. The number of methoxy groups -OCH3 is 2. The molecule has 0 radical (unpaired) electrons. The van der Waals surface area contributed by atoms with E-state index in [1.165, 1.54) is 7.11 Å². The number of rotatable bonds is 5. The molecule has 1 aliphatic heterocycles. The van der Waals surface area contributed by atoms with Gasteiger partial charge in [-0.25, -0.2) is 0 Å². The lowest BCUT2D eigenvalue weighted by molar-refractivity contribution is -0.143. The van der Waals surface area contributed by atoms with Crippen LogP contribution in [0.5, 0.6) is 11.5 Å². The van der Waals surface area contributed by atoms with E-state index < -0.39 is 12.0 Å². The Morgan fingerprint density at radius 1 is 1.43 bits per heavy atom. The number of nitrogens with zero attached hydrogens (tertiary/aromatic N) is 1. The van der Waals surface area contributed by atoms with Gasteiger partial charge in [0.15, 0.2) is 11.5 Å². The molecule has 1 aromatic carbocycles. The maximum atomic E-state index is 11.4. The fourth-order valence-corrected chi connectivity index (χ4v) is 3.17. The van der Waals surface area contributed by atoms with Crippen molar-refractivity contribution in [3.05, 3.63) is 22.7 Å². The van der Waals surface area contributed by atoms with Crippen molar-refractivity contribution in [3.63, 3.8) is 0 Å². The Morgan fingerprint density at radius 3 is 2.71 bits per heavy atom. The van der Waals surface area contributed by atoms with Crippen LogP contribution in [0.25, 0.3) is 0 Å². The van der Waals surface area contributed by atoms with E-state index in [1.54, 1.807) is 13.2 Å². The van der Waals surface area contributed by atoms with E-state index >= 15 is 0 Å². The van der Waals surface area contributed by atoms with Crippen molar-refractivity contribution >= 4 is 17.6 Å². The summed E-state index contributed by atoms with van der Waals surface area (Å²) < 4.78 is 10.5. The number of likely N-dealkylation sites (tertiary alicyclic amines) is 1. The number of aliphatic carboxylic acids is 1. The first kappa shape index (κ1) is 15.9. The molecule has 0 aliphatic carbocycles. The Balaban J connectivity index is 2.26. The van der Waals surface area contributed by atoms with Crippen molar-refractivity contribution in [3.8, 4) is 11.5 Å². The van der Waals surface area contributed by atoms with Crippen LogP contribution in [0.2, 0.25) is 5.02 Å². The second-order valence-electron chi connectivity index (χ2n) is 5.29. The lowest BCUT2D eigenvalue weighted by Crippen LogP contribution is -2.38. The summed E-state index contributed by atoms with van der Waals surface area (Å²) >= 11 is 6.36. The van der Waals surface area contributed by atoms with E-state index in [0.717, 1.165) is 18.5 Å². The molecule has 21 heavy (non-hydrogen) atoms. The third-order valence-corrected chi connectivity index (χ3v) is 4.41. The molecule has 1 saturated heterocycles. The standard InChI is InChI=1S/C15H20ClNO4/c1-9-6-7-17(13(9)15(18)19)8-10-4-5-11(20-2)14(21-3)12(10)16/h4-5,9,13H,6-8H2,1-3H3,(H,18,19). The predicted molar refractivity (Wildman–Crippen MR) is 80.2 cm³/mol. The summed E-state index contributed by atoms with van der Waals surface area (Å²) in [4.78, 5) is 13.3. The third-order valence-electron chi connectivity index (χ3n) is 4.00. The number of ether oxygens (including phenoxy) is 2. The van der Waals surface area contributed by atoms with Crippen LogP contribution in [0.1, 0.15) is 18.9 Å². The maximum Gasteiger partial charge on any atom is 0.321 e. The molecule has 6 heteroatoms. The molecule has 1 fully saturated rings. The van der Waals surface area contributed by atoms with Gasteiger partial charge in [-0.3, -0.25) is 9.69 Å². The van der Waals surface area contributed by atoms with Crippen LogP contribution in [-0.2, 0) is 11.3 Å². The summed E-state index contributed by atoms with van der Waals surface area (Å²) in [6, 6.07) is 3.18. The minimum Gasteiger partial charge on any atom is -0.493 e. The second kappa shape index (κ2) is 6.54. The lowest BCUT2D eigenvalue weighted by Gasteiger charge is -2.24. The molecule has 2 unspecified atom stereocenters. The Bertz CT molecular complexity index is 535. The molecule has 2 atom stereocenters. The zero-order valence-corrected chi connectivity index (χ0v) is 13.2. The van der Waals surface area contributed by atoms with E-state index in [4.69, 9.17) is 21.1 Å². The molecule has 0 spiro atoms. The van der Waals surface area contributed by atoms with Gasteiger partial charge in [0.2, 0.25) is 0 Å². The number of carboxylic acid groups (broad SMARTS) is 1. The minimum absolute atomic E-state index is 0.140. The zero-order chi connectivity index (χ0) is 15.6. The maximum absolute atomic E-state index is 11.4. The average Bonchev–Trinajstić information content (AvgIpc) is 2.81. The lowest BCUT2D eigenvalue weighted by atomic mass is 10.0. The van der Waals surface area contributed by atoms with E-state index in [-0.39, 0.29) is 5.92 Å². The quantitative estimate of drug-likeness (QED) is 0.905. The number of carbonyl (C=O) groups is 1. The summed E-state index contributed by atoms with van der Waals surface area (Å²) in [6.45, 7) is 3.21. The first-order chi connectivity index (χ1) is 9.99. The van der Waals surface area contributed by atoms with E-state index in [9.17, 15) is 9.90 Å². The van der Waals surface area contributed by atoms with Crippen LogP contribution < -0.4 is 9.47 Å². The molecule has 5 nitrogen and oxygen atoms in total. The van der Waals surface area contributed by atoms with Crippen LogP contribution in [0, 0.1) is 5.92 Å². The van der Waals surface area contributed by atoms with Gasteiger partial charge < -0.3 is 14.6 Å². The van der Waals surface area contributed by atoms with E-state index in [0.29, 0.717) is 23.1 Å². The normalized spacial score (nSPS) is 22.3. The highest BCUT2D eigenvalue weighted by Gasteiger charge is 2.36. The smallest absolute Gasteiger partial charge is 0.321 e. The number of hydrogen-bond donors (Lipinski definition) is 1.